The lowest BCUT2D eigenvalue weighted by Gasteiger charge is -2.24. The SMILES string of the molecule is CCn1cc(C(=O)O)c(=O)c2cc(F)c(N3CCC(C)(N)C3)c(F)c21. The van der Waals surface area contributed by atoms with E-state index in [0.717, 1.165) is 12.3 Å². The number of carboxylic acid groups (broad SMARTS) is 1. The Hall–Kier alpha value is -2.48. The highest BCUT2D eigenvalue weighted by Crippen LogP contribution is 2.33. The molecule has 3 N–H and O–H groups in total. The summed E-state index contributed by atoms with van der Waals surface area (Å²) in [5, 5.41) is 8.86. The minimum atomic E-state index is -1.43. The number of aromatic nitrogens is 1. The van der Waals surface area contributed by atoms with Gasteiger partial charge in [-0.25, -0.2) is 13.6 Å². The van der Waals surface area contributed by atoms with Crippen molar-refractivity contribution in [2.45, 2.75) is 32.4 Å². The van der Waals surface area contributed by atoms with Gasteiger partial charge in [-0.2, -0.15) is 0 Å². The maximum atomic E-state index is 15.2. The van der Waals surface area contributed by atoms with E-state index in [1.54, 1.807) is 6.92 Å². The maximum Gasteiger partial charge on any atom is 0.341 e. The van der Waals surface area contributed by atoms with Crippen LogP contribution >= 0.6 is 0 Å². The van der Waals surface area contributed by atoms with Crippen molar-refractivity contribution < 1.29 is 18.7 Å². The van der Waals surface area contributed by atoms with E-state index in [9.17, 15) is 14.0 Å². The zero-order valence-electron chi connectivity index (χ0n) is 14.0. The van der Waals surface area contributed by atoms with Gasteiger partial charge in [-0.15, -0.1) is 0 Å². The topological polar surface area (TPSA) is 88.6 Å². The van der Waals surface area contributed by atoms with Gasteiger partial charge >= 0.3 is 5.97 Å². The quantitative estimate of drug-likeness (QED) is 0.882. The highest BCUT2D eigenvalue weighted by atomic mass is 19.1. The number of aryl methyl sites for hydroxylation is 1. The fraction of sp³-hybridized carbons (Fsp3) is 0.412. The Bertz CT molecular complexity index is 937. The Morgan fingerprint density at radius 2 is 2.12 bits per heavy atom. The zero-order valence-corrected chi connectivity index (χ0v) is 14.0. The number of nitrogens with zero attached hydrogens (tertiary/aromatic N) is 2. The van der Waals surface area contributed by atoms with E-state index in [2.05, 4.69) is 0 Å². The fourth-order valence-electron chi connectivity index (χ4n) is 3.34. The molecular weight excluding hydrogens is 332 g/mol. The Labute approximate surface area is 142 Å². The first-order valence-electron chi connectivity index (χ1n) is 7.98. The summed E-state index contributed by atoms with van der Waals surface area (Å²) in [4.78, 5) is 25.1. The van der Waals surface area contributed by atoms with Crippen LogP contribution in [0.4, 0.5) is 14.5 Å². The standard InChI is InChI=1S/C17H19F2N3O3/c1-3-21-7-10(16(24)25)15(23)9-6-11(18)14(12(19)13(9)21)22-5-4-17(2,20)8-22/h6-7H,3-5,8,20H2,1-2H3,(H,24,25). The number of benzene rings is 1. The number of anilines is 1. The fourth-order valence-corrected chi connectivity index (χ4v) is 3.34. The van der Waals surface area contributed by atoms with Gasteiger partial charge in [0, 0.05) is 31.4 Å². The van der Waals surface area contributed by atoms with Crippen LogP contribution in [0, 0.1) is 11.6 Å². The van der Waals surface area contributed by atoms with Gasteiger partial charge in [0.2, 0.25) is 5.43 Å². The average molecular weight is 351 g/mol. The van der Waals surface area contributed by atoms with E-state index in [1.807, 2.05) is 6.92 Å². The number of carbonyl (C=O) groups is 1. The highest BCUT2D eigenvalue weighted by Gasteiger charge is 2.34. The summed E-state index contributed by atoms with van der Waals surface area (Å²) in [6.45, 7) is 4.41. The first-order chi connectivity index (χ1) is 11.7. The Balaban J connectivity index is 2.32. The number of fused-ring (bicyclic) bond motifs is 1. The number of aromatic carboxylic acids is 1. The van der Waals surface area contributed by atoms with Gasteiger partial charge in [0.15, 0.2) is 5.82 Å². The van der Waals surface area contributed by atoms with Crippen molar-refractivity contribution >= 4 is 22.6 Å². The smallest absolute Gasteiger partial charge is 0.341 e. The number of hydrogen-bond acceptors (Lipinski definition) is 4. The third kappa shape index (κ3) is 2.76. The van der Waals surface area contributed by atoms with Gasteiger partial charge in [-0.05, 0) is 26.3 Å². The highest BCUT2D eigenvalue weighted by molar-refractivity contribution is 5.93. The summed E-state index contributed by atoms with van der Waals surface area (Å²) in [6, 6.07) is 0.918. The molecule has 1 aromatic heterocycles. The molecule has 3 rings (SSSR count). The van der Waals surface area contributed by atoms with Crippen LogP contribution in [-0.2, 0) is 6.54 Å². The van der Waals surface area contributed by atoms with E-state index < -0.39 is 34.1 Å². The van der Waals surface area contributed by atoms with Crippen molar-refractivity contribution in [3.8, 4) is 0 Å². The molecule has 1 saturated heterocycles. The van der Waals surface area contributed by atoms with Crippen LogP contribution in [0.3, 0.4) is 0 Å². The van der Waals surface area contributed by atoms with Gasteiger partial charge in [0.05, 0.1) is 10.9 Å². The van der Waals surface area contributed by atoms with Crippen LogP contribution in [0.1, 0.15) is 30.6 Å². The molecule has 0 spiro atoms. The lowest BCUT2D eigenvalue weighted by molar-refractivity contribution is 0.0695. The second-order valence-corrected chi connectivity index (χ2v) is 6.71. The third-order valence-electron chi connectivity index (χ3n) is 4.62. The van der Waals surface area contributed by atoms with Crippen LogP contribution < -0.4 is 16.1 Å². The molecule has 0 saturated carbocycles. The molecule has 0 bridgehead atoms. The minimum absolute atomic E-state index is 0.0977. The third-order valence-corrected chi connectivity index (χ3v) is 4.62. The number of carboxylic acids is 1. The average Bonchev–Trinajstić information content (AvgIpc) is 2.87. The van der Waals surface area contributed by atoms with Crippen molar-refractivity contribution in [3.05, 3.63) is 39.7 Å². The van der Waals surface area contributed by atoms with E-state index in [0.29, 0.717) is 13.0 Å². The van der Waals surface area contributed by atoms with Gasteiger partial charge in [0.1, 0.15) is 17.1 Å². The second-order valence-electron chi connectivity index (χ2n) is 6.71. The van der Waals surface area contributed by atoms with Gasteiger partial charge in [-0.1, -0.05) is 0 Å². The molecule has 6 nitrogen and oxygen atoms in total. The molecule has 1 aromatic carbocycles. The Morgan fingerprint density at radius 1 is 1.44 bits per heavy atom. The number of pyridine rings is 1. The maximum absolute atomic E-state index is 15.2. The zero-order chi connectivity index (χ0) is 18.5. The number of halogens is 2. The molecule has 0 radical (unpaired) electrons. The van der Waals surface area contributed by atoms with E-state index >= 15 is 4.39 Å². The summed E-state index contributed by atoms with van der Waals surface area (Å²) in [6.07, 6.45) is 1.68. The summed E-state index contributed by atoms with van der Waals surface area (Å²) >= 11 is 0. The van der Waals surface area contributed by atoms with Crippen molar-refractivity contribution in [2.75, 3.05) is 18.0 Å². The normalized spacial score (nSPS) is 20.4. The monoisotopic (exact) mass is 351 g/mol. The Kier molecular flexibility index (Phi) is 4.03. The number of rotatable bonds is 3. The lowest BCUT2D eigenvalue weighted by Crippen LogP contribution is -2.39. The van der Waals surface area contributed by atoms with Gasteiger partial charge in [-0.3, -0.25) is 4.79 Å². The molecule has 1 fully saturated rings. The molecule has 1 unspecified atom stereocenters. The van der Waals surface area contributed by atoms with Gasteiger partial charge < -0.3 is 20.3 Å². The molecular formula is C17H19F2N3O3. The molecule has 1 aliphatic rings. The molecule has 2 aromatic rings. The van der Waals surface area contributed by atoms with E-state index in [4.69, 9.17) is 10.8 Å². The van der Waals surface area contributed by atoms with Crippen LogP contribution in [0.5, 0.6) is 0 Å². The minimum Gasteiger partial charge on any atom is -0.477 e. The summed E-state index contributed by atoms with van der Waals surface area (Å²) in [5.41, 5.74) is 3.75. The number of hydrogen-bond donors (Lipinski definition) is 2. The molecule has 0 amide bonds. The number of nitrogens with two attached hydrogens (primary N) is 1. The summed E-state index contributed by atoms with van der Waals surface area (Å²) in [7, 11) is 0. The molecule has 134 valence electrons. The van der Waals surface area contributed by atoms with Gasteiger partial charge in [0.25, 0.3) is 0 Å². The van der Waals surface area contributed by atoms with Crippen LogP contribution in [0.15, 0.2) is 17.1 Å². The van der Waals surface area contributed by atoms with Crippen molar-refractivity contribution in [3.63, 3.8) is 0 Å². The predicted octanol–water partition coefficient (Wildman–Crippen LogP) is 1.93. The summed E-state index contributed by atoms with van der Waals surface area (Å²) in [5.74, 6) is -3.20. The lowest BCUT2D eigenvalue weighted by atomic mass is 10.0. The van der Waals surface area contributed by atoms with E-state index in [-0.39, 0.29) is 29.7 Å². The molecule has 2 heterocycles. The van der Waals surface area contributed by atoms with Crippen LogP contribution in [0.25, 0.3) is 10.9 Å². The molecule has 25 heavy (non-hydrogen) atoms. The van der Waals surface area contributed by atoms with E-state index in [1.165, 1.54) is 9.47 Å². The molecule has 8 heteroatoms. The Morgan fingerprint density at radius 3 is 2.64 bits per heavy atom. The first-order valence-corrected chi connectivity index (χ1v) is 7.98. The molecule has 0 aliphatic carbocycles. The van der Waals surface area contributed by atoms with Crippen molar-refractivity contribution in [1.29, 1.82) is 0 Å². The molecule has 1 atom stereocenters. The van der Waals surface area contributed by atoms with Crippen molar-refractivity contribution in [1.82, 2.24) is 4.57 Å². The largest absolute Gasteiger partial charge is 0.477 e. The van der Waals surface area contributed by atoms with Crippen molar-refractivity contribution in [2.24, 2.45) is 5.73 Å². The molecule has 1 aliphatic heterocycles. The second kappa shape index (κ2) is 5.80. The predicted molar refractivity (Wildman–Crippen MR) is 90.2 cm³/mol. The van der Waals surface area contributed by atoms with Crippen LogP contribution in [-0.4, -0.2) is 34.3 Å². The van der Waals surface area contributed by atoms with Crippen LogP contribution in [0.2, 0.25) is 0 Å². The first kappa shape index (κ1) is 17.3. The summed E-state index contributed by atoms with van der Waals surface area (Å²) < 4.78 is 31.1.